The van der Waals surface area contributed by atoms with Crippen molar-refractivity contribution in [1.82, 2.24) is 15.4 Å². The molecule has 0 aliphatic heterocycles. The van der Waals surface area contributed by atoms with E-state index < -0.39 is 34.0 Å². The molecule has 10 heteroatoms. The summed E-state index contributed by atoms with van der Waals surface area (Å²) in [5, 5.41) is 4.29. The lowest BCUT2D eigenvalue weighted by molar-refractivity contribution is -0.129. The number of imide groups is 1. The van der Waals surface area contributed by atoms with Gasteiger partial charge in [-0.3, -0.25) is 10.1 Å². The summed E-state index contributed by atoms with van der Waals surface area (Å²) >= 11 is 0. The average Bonchev–Trinajstić information content (AvgIpc) is 2.72. The van der Waals surface area contributed by atoms with Crippen LogP contribution in [-0.2, 0) is 19.6 Å². The van der Waals surface area contributed by atoms with Crippen LogP contribution >= 0.6 is 0 Å². The third-order valence-corrected chi connectivity index (χ3v) is 5.09. The van der Waals surface area contributed by atoms with E-state index in [1.165, 1.54) is 32.3 Å². The predicted molar refractivity (Wildman–Crippen MR) is 99.9 cm³/mol. The maximum absolute atomic E-state index is 12.5. The fourth-order valence-electron chi connectivity index (χ4n) is 2.22. The summed E-state index contributed by atoms with van der Waals surface area (Å²) in [6.45, 7) is 0. The molecule has 148 valence electrons. The molecule has 0 fully saturated rings. The number of benzene rings is 2. The van der Waals surface area contributed by atoms with Gasteiger partial charge in [-0.25, -0.2) is 22.7 Å². The molecule has 2 aromatic carbocycles. The molecule has 9 nitrogen and oxygen atoms in total. The van der Waals surface area contributed by atoms with Gasteiger partial charge in [0.05, 0.1) is 10.5 Å². The van der Waals surface area contributed by atoms with Crippen molar-refractivity contribution < 1.29 is 27.5 Å². The molecule has 0 aliphatic carbocycles. The molecule has 3 N–H and O–H groups in total. The minimum atomic E-state index is -3.76. The summed E-state index contributed by atoms with van der Waals surface area (Å²) in [6, 6.07) is 12.5. The molecule has 0 radical (unpaired) electrons. The molecule has 0 aromatic heterocycles. The van der Waals surface area contributed by atoms with Gasteiger partial charge in [-0.1, -0.05) is 36.4 Å². The molecule has 0 saturated carbocycles. The van der Waals surface area contributed by atoms with Gasteiger partial charge < -0.3 is 10.1 Å². The number of hydrogen-bond acceptors (Lipinski definition) is 6. The average molecular weight is 405 g/mol. The van der Waals surface area contributed by atoms with Gasteiger partial charge in [-0.2, -0.15) is 0 Å². The number of amides is 3. The van der Waals surface area contributed by atoms with Crippen LogP contribution in [0.1, 0.15) is 22.0 Å². The van der Waals surface area contributed by atoms with E-state index in [9.17, 15) is 22.8 Å². The molecular weight excluding hydrogens is 386 g/mol. The SMILES string of the molecule is CNC(=O)NC(=O)[C@@H](OC(=O)c1cccc(S(=O)(=O)NC)c1)c1ccccc1. The molecule has 0 heterocycles. The van der Waals surface area contributed by atoms with E-state index >= 15 is 0 Å². The second kappa shape index (κ2) is 9.11. The summed E-state index contributed by atoms with van der Waals surface area (Å²) in [5.41, 5.74) is 0.279. The Morgan fingerprint density at radius 1 is 0.964 bits per heavy atom. The normalized spacial score (nSPS) is 11.9. The third-order valence-electron chi connectivity index (χ3n) is 3.68. The zero-order valence-corrected chi connectivity index (χ0v) is 15.9. The number of nitrogens with one attached hydrogen (secondary N) is 3. The second-order valence-corrected chi connectivity index (χ2v) is 7.39. The number of sulfonamides is 1. The van der Waals surface area contributed by atoms with Gasteiger partial charge in [0, 0.05) is 12.6 Å². The van der Waals surface area contributed by atoms with Crippen molar-refractivity contribution in [3.63, 3.8) is 0 Å². The Labute approximate surface area is 162 Å². The monoisotopic (exact) mass is 405 g/mol. The topological polar surface area (TPSA) is 131 Å². The van der Waals surface area contributed by atoms with Crippen molar-refractivity contribution in [1.29, 1.82) is 0 Å². The van der Waals surface area contributed by atoms with Gasteiger partial charge in [0.2, 0.25) is 16.1 Å². The Kier molecular flexibility index (Phi) is 6.85. The van der Waals surface area contributed by atoms with Gasteiger partial charge >= 0.3 is 12.0 Å². The number of ether oxygens (including phenoxy) is 1. The van der Waals surface area contributed by atoms with Gasteiger partial charge in [-0.15, -0.1) is 0 Å². The second-order valence-electron chi connectivity index (χ2n) is 5.50. The fraction of sp³-hybridized carbons (Fsp3) is 0.167. The lowest BCUT2D eigenvalue weighted by atomic mass is 10.1. The Bertz CT molecular complexity index is 976. The summed E-state index contributed by atoms with van der Waals surface area (Å²) < 4.78 is 31.3. The van der Waals surface area contributed by atoms with Gasteiger partial charge in [0.15, 0.2) is 0 Å². The van der Waals surface area contributed by atoms with E-state index in [2.05, 4.69) is 15.4 Å². The molecule has 2 rings (SSSR count). The molecule has 28 heavy (non-hydrogen) atoms. The van der Waals surface area contributed by atoms with Crippen molar-refractivity contribution in [2.45, 2.75) is 11.0 Å². The highest BCUT2D eigenvalue weighted by atomic mass is 32.2. The molecule has 1 atom stereocenters. The lowest BCUT2D eigenvalue weighted by Gasteiger charge is -2.17. The quantitative estimate of drug-likeness (QED) is 0.614. The minimum Gasteiger partial charge on any atom is -0.444 e. The van der Waals surface area contributed by atoms with E-state index in [4.69, 9.17) is 4.74 Å². The van der Waals surface area contributed by atoms with Crippen LogP contribution < -0.4 is 15.4 Å². The van der Waals surface area contributed by atoms with E-state index in [-0.39, 0.29) is 10.5 Å². The minimum absolute atomic E-state index is 0.0648. The number of urea groups is 1. The summed E-state index contributed by atoms with van der Waals surface area (Å²) in [6.07, 6.45) is -1.41. The van der Waals surface area contributed by atoms with Gasteiger partial charge in [0.1, 0.15) is 0 Å². The van der Waals surface area contributed by atoms with Crippen molar-refractivity contribution in [2.75, 3.05) is 14.1 Å². The Balaban J connectivity index is 2.31. The third kappa shape index (κ3) is 5.15. The van der Waals surface area contributed by atoms with Crippen LogP contribution in [0, 0.1) is 0 Å². The molecule has 0 aliphatic rings. The van der Waals surface area contributed by atoms with Crippen molar-refractivity contribution in [3.8, 4) is 0 Å². The van der Waals surface area contributed by atoms with Crippen LogP contribution in [0.25, 0.3) is 0 Å². The van der Waals surface area contributed by atoms with Crippen LogP contribution in [0.4, 0.5) is 4.79 Å². The Morgan fingerprint density at radius 2 is 1.64 bits per heavy atom. The lowest BCUT2D eigenvalue weighted by Crippen LogP contribution is -2.41. The van der Waals surface area contributed by atoms with E-state index in [0.717, 1.165) is 6.07 Å². The molecule has 0 bridgehead atoms. The van der Waals surface area contributed by atoms with Crippen LogP contribution in [0.3, 0.4) is 0 Å². The van der Waals surface area contributed by atoms with E-state index in [1.54, 1.807) is 30.3 Å². The maximum atomic E-state index is 12.5. The van der Waals surface area contributed by atoms with Crippen LogP contribution in [0.5, 0.6) is 0 Å². The largest absolute Gasteiger partial charge is 0.444 e. The first-order chi connectivity index (χ1) is 13.3. The standard InChI is InChI=1S/C18H19N3O6S/c1-19-18(24)21-16(22)15(12-7-4-3-5-8-12)27-17(23)13-9-6-10-14(11-13)28(25,26)20-2/h3-11,15,20H,1-2H3,(H2,19,21,22,24)/t15-/m0/s1. The van der Waals surface area contributed by atoms with E-state index in [0.29, 0.717) is 5.56 Å². The molecular formula is C18H19N3O6S. The Morgan fingerprint density at radius 3 is 2.25 bits per heavy atom. The van der Waals surface area contributed by atoms with Crippen LogP contribution in [0.2, 0.25) is 0 Å². The number of esters is 1. The van der Waals surface area contributed by atoms with Crippen molar-refractivity contribution >= 4 is 27.9 Å². The highest BCUT2D eigenvalue weighted by molar-refractivity contribution is 7.89. The summed E-state index contributed by atoms with van der Waals surface area (Å²) in [7, 11) is -1.18. The smallest absolute Gasteiger partial charge is 0.339 e. The molecule has 0 saturated heterocycles. The highest BCUT2D eigenvalue weighted by Crippen LogP contribution is 2.21. The fourth-order valence-corrected chi connectivity index (χ4v) is 3.00. The predicted octanol–water partition coefficient (Wildman–Crippen LogP) is 0.948. The zero-order valence-electron chi connectivity index (χ0n) is 15.1. The molecule has 3 amide bonds. The number of carbonyl (C=O) groups excluding carboxylic acids is 3. The van der Waals surface area contributed by atoms with Gasteiger partial charge in [-0.05, 0) is 25.2 Å². The summed E-state index contributed by atoms with van der Waals surface area (Å²) in [5.74, 6) is -1.77. The van der Waals surface area contributed by atoms with Crippen molar-refractivity contribution in [2.24, 2.45) is 0 Å². The first-order valence-corrected chi connectivity index (χ1v) is 9.59. The number of carbonyl (C=O) groups is 3. The zero-order chi connectivity index (χ0) is 20.7. The van der Waals surface area contributed by atoms with Gasteiger partial charge in [0.25, 0.3) is 5.91 Å². The maximum Gasteiger partial charge on any atom is 0.339 e. The highest BCUT2D eigenvalue weighted by Gasteiger charge is 2.27. The molecule has 0 unspecified atom stereocenters. The van der Waals surface area contributed by atoms with Crippen LogP contribution in [0.15, 0.2) is 59.5 Å². The van der Waals surface area contributed by atoms with E-state index in [1.807, 2.05) is 0 Å². The molecule has 2 aromatic rings. The number of hydrogen-bond donors (Lipinski definition) is 3. The summed E-state index contributed by atoms with van der Waals surface area (Å²) in [4.78, 5) is 36.3. The molecule has 0 spiro atoms. The first kappa shape index (κ1) is 21.1. The number of rotatable bonds is 6. The van der Waals surface area contributed by atoms with Crippen molar-refractivity contribution in [3.05, 3.63) is 65.7 Å². The first-order valence-electron chi connectivity index (χ1n) is 8.10. The Hall–Kier alpha value is -3.24. The van der Waals surface area contributed by atoms with Crippen LogP contribution in [-0.4, -0.2) is 40.4 Å².